The zero-order chi connectivity index (χ0) is 13.2. The molecule has 0 aromatic heterocycles. The summed E-state index contributed by atoms with van der Waals surface area (Å²) in [5, 5.41) is 0.813. The van der Waals surface area contributed by atoms with Crippen LogP contribution in [0.5, 0.6) is 0 Å². The van der Waals surface area contributed by atoms with Crippen molar-refractivity contribution in [3.8, 4) is 0 Å². The van der Waals surface area contributed by atoms with Crippen LogP contribution in [-0.4, -0.2) is 12.4 Å². The van der Waals surface area contributed by atoms with E-state index in [0.717, 1.165) is 22.9 Å². The normalized spacial score (nSPS) is 13.1. The van der Waals surface area contributed by atoms with Gasteiger partial charge in [0.2, 0.25) is 0 Å². The van der Waals surface area contributed by atoms with E-state index in [2.05, 4.69) is 35.2 Å². The summed E-state index contributed by atoms with van der Waals surface area (Å²) in [7, 11) is 0. The first-order valence-electron chi connectivity index (χ1n) is 6.20. The van der Waals surface area contributed by atoms with Crippen LogP contribution in [0.2, 0.25) is 5.02 Å². The molecule has 2 aromatic rings. The summed E-state index contributed by atoms with van der Waals surface area (Å²) in [6.07, 6.45) is 0.951. The van der Waals surface area contributed by atoms with Gasteiger partial charge in [0.1, 0.15) is 0 Å². The highest BCUT2D eigenvalue weighted by Gasteiger charge is 2.24. The van der Waals surface area contributed by atoms with E-state index in [1.807, 2.05) is 12.1 Å². The van der Waals surface area contributed by atoms with E-state index in [4.69, 9.17) is 23.2 Å². The van der Waals surface area contributed by atoms with Gasteiger partial charge in [0.25, 0.3) is 0 Å². The quantitative estimate of drug-likeness (QED) is 0.682. The van der Waals surface area contributed by atoms with Gasteiger partial charge in [-0.1, -0.05) is 41.6 Å². The van der Waals surface area contributed by atoms with Gasteiger partial charge >= 0.3 is 0 Å². The molecule has 0 saturated heterocycles. The molecule has 0 atom stereocenters. The molecular formula is C15H13Cl2NS. The van der Waals surface area contributed by atoms with Crippen LogP contribution in [0.15, 0.2) is 52.3 Å². The Hall–Kier alpha value is -0.830. The smallest absolute Gasteiger partial charge is 0.0568 e. The molecular weight excluding hydrogens is 297 g/mol. The van der Waals surface area contributed by atoms with Crippen LogP contribution in [0, 0.1) is 0 Å². The molecule has 3 rings (SSSR count). The second-order valence-corrected chi connectivity index (χ2v) is 6.19. The fourth-order valence-corrected chi connectivity index (χ4v) is 3.78. The first-order valence-corrected chi connectivity index (χ1v) is 7.93. The minimum Gasteiger partial charge on any atom is -0.340 e. The molecule has 0 amide bonds. The van der Waals surface area contributed by atoms with E-state index in [-0.39, 0.29) is 0 Å². The van der Waals surface area contributed by atoms with Gasteiger partial charge in [0.15, 0.2) is 0 Å². The standard InChI is InChI=1S/C15H13Cl2NS/c16-9-4-10-18-12-6-1-2-8-14(12)19-15-11(17)5-3-7-13(15)18/h1-3,5-8H,4,9-10H2. The van der Waals surface area contributed by atoms with Crippen molar-refractivity contribution in [3.63, 3.8) is 0 Å². The Labute approximate surface area is 127 Å². The van der Waals surface area contributed by atoms with Gasteiger partial charge < -0.3 is 4.90 Å². The molecule has 0 radical (unpaired) electrons. The van der Waals surface area contributed by atoms with E-state index in [1.165, 1.54) is 16.3 Å². The summed E-state index contributed by atoms with van der Waals surface area (Å²) < 4.78 is 0. The third-order valence-electron chi connectivity index (χ3n) is 3.12. The van der Waals surface area contributed by atoms with Crippen molar-refractivity contribution in [1.82, 2.24) is 0 Å². The number of hydrogen-bond donors (Lipinski definition) is 0. The molecule has 0 bridgehead atoms. The lowest BCUT2D eigenvalue weighted by Crippen LogP contribution is -2.22. The Balaban J connectivity index is 2.10. The lowest BCUT2D eigenvalue weighted by molar-refractivity contribution is 0.871. The van der Waals surface area contributed by atoms with Gasteiger partial charge in [-0.05, 0) is 30.7 Å². The Kier molecular flexibility index (Phi) is 3.92. The zero-order valence-electron chi connectivity index (χ0n) is 10.3. The summed E-state index contributed by atoms with van der Waals surface area (Å²) in [4.78, 5) is 4.70. The van der Waals surface area contributed by atoms with Crippen LogP contribution in [0.3, 0.4) is 0 Å². The second kappa shape index (κ2) is 5.66. The summed E-state index contributed by atoms with van der Waals surface area (Å²) in [5.74, 6) is 0.668. The molecule has 1 heterocycles. The number of para-hydroxylation sites is 1. The highest BCUT2D eigenvalue weighted by Crippen LogP contribution is 2.50. The largest absolute Gasteiger partial charge is 0.340 e. The van der Waals surface area contributed by atoms with Gasteiger partial charge in [0, 0.05) is 17.3 Å². The fraction of sp³-hybridized carbons (Fsp3) is 0.200. The van der Waals surface area contributed by atoms with Crippen LogP contribution in [-0.2, 0) is 0 Å². The van der Waals surface area contributed by atoms with Gasteiger partial charge in [-0.3, -0.25) is 0 Å². The number of fused-ring (bicyclic) bond motifs is 2. The van der Waals surface area contributed by atoms with Crippen molar-refractivity contribution in [3.05, 3.63) is 47.5 Å². The molecule has 0 N–H and O–H groups in total. The molecule has 1 nitrogen and oxygen atoms in total. The number of nitrogens with zero attached hydrogens (tertiary/aromatic N) is 1. The number of hydrogen-bond acceptors (Lipinski definition) is 2. The summed E-state index contributed by atoms with van der Waals surface area (Å²) in [6.45, 7) is 0.911. The lowest BCUT2D eigenvalue weighted by atomic mass is 10.2. The molecule has 4 heteroatoms. The van der Waals surface area contributed by atoms with Crippen LogP contribution >= 0.6 is 35.0 Å². The molecule has 19 heavy (non-hydrogen) atoms. The summed E-state index contributed by atoms with van der Waals surface area (Å²) >= 11 is 13.9. The molecule has 0 spiro atoms. The maximum atomic E-state index is 6.33. The molecule has 0 unspecified atom stereocenters. The summed E-state index contributed by atoms with van der Waals surface area (Å²) in [5.41, 5.74) is 2.42. The number of rotatable bonds is 3. The van der Waals surface area contributed by atoms with E-state index in [9.17, 15) is 0 Å². The second-order valence-electron chi connectivity index (χ2n) is 4.35. The first kappa shape index (κ1) is 13.2. The van der Waals surface area contributed by atoms with Crippen molar-refractivity contribution in [2.24, 2.45) is 0 Å². The van der Waals surface area contributed by atoms with Crippen LogP contribution in [0.4, 0.5) is 11.4 Å². The van der Waals surface area contributed by atoms with Crippen molar-refractivity contribution in [1.29, 1.82) is 0 Å². The predicted molar refractivity (Wildman–Crippen MR) is 84.4 cm³/mol. The van der Waals surface area contributed by atoms with E-state index in [1.54, 1.807) is 11.8 Å². The fourth-order valence-electron chi connectivity index (χ4n) is 2.28. The highest BCUT2D eigenvalue weighted by atomic mass is 35.5. The Morgan fingerprint density at radius 1 is 1.00 bits per heavy atom. The SMILES string of the molecule is ClCCCN1c2ccccc2Sc2c(Cl)cccc21. The van der Waals surface area contributed by atoms with Crippen molar-refractivity contribution < 1.29 is 0 Å². The third-order valence-corrected chi connectivity index (χ3v) is 5.01. The monoisotopic (exact) mass is 309 g/mol. The molecule has 0 fully saturated rings. The van der Waals surface area contributed by atoms with E-state index >= 15 is 0 Å². The summed E-state index contributed by atoms with van der Waals surface area (Å²) in [6, 6.07) is 14.5. The number of alkyl halides is 1. The molecule has 1 aliphatic heterocycles. The van der Waals surface area contributed by atoms with Crippen molar-refractivity contribution in [2.75, 3.05) is 17.3 Å². The number of anilines is 2. The molecule has 2 aromatic carbocycles. The maximum Gasteiger partial charge on any atom is 0.0568 e. The van der Waals surface area contributed by atoms with Crippen LogP contribution < -0.4 is 4.90 Å². The Bertz CT molecular complexity index is 600. The average Bonchev–Trinajstić information content (AvgIpc) is 2.44. The Morgan fingerprint density at radius 2 is 1.79 bits per heavy atom. The minimum absolute atomic E-state index is 0.668. The van der Waals surface area contributed by atoms with Crippen LogP contribution in [0.1, 0.15) is 6.42 Å². The Morgan fingerprint density at radius 3 is 2.63 bits per heavy atom. The zero-order valence-corrected chi connectivity index (χ0v) is 12.6. The topological polar surface area (TPSA) is 3.24 Å². The minimum atomic E-state index is 0.668. The van der Waals surface area contributed by atoms with Gasteiger partial charge in [-0.2, -0.15) is 0 Å². The molecule has 0 saturated carbocycles. The highest BCUT2D eigenvalue weighted by molar-refractivity contribution is 7.99. The van der Waals surface area contributed by atoms with Crippen LogP contribution in [0.25, 0.3) is 0 Å². The average molecular weight is 310 g/mol. The van der Waals surface area contributed by atoms with Crippen molar-refractivity contribution >= 4 is 46.3 Å². The maximum absolute atomic E-state index is 6.33. The van der Waals surface area contributed by atoms with E-state index < -0.39 is 0 Å². The van der Waals surface area contributed by atoms with Crippen molar-refractivity contribution in [2.45, 2.75) is 16.2 Å². The van der Waals surface area contributed by atoms with Gasteiger partial charge in [-0.15, -0.1) is 11.6 Å². The number of benzene rings is 2. The predicted octanol–water partition coefficient (Wildman–Crippen LogP) is 5.57. The molecule has 0 aliphatic carbocycles. The molecule has 1 aliphatic rings. The molecule has 98 valence electrons. The third kappa shape index (κ3) is 2.45. The lowest BCUT2D eigenvalue weighted by Gasteiger charge is -2.33. The van der Waals surface area contributed by atoms with Gasteiger partial charge in [-0.25, -0.2) is 0 Å². The number of halogens is 2. The van der Waals surface area contributed by atoms with E-state index in [0.29, 0.717) is 5.88 Å². The van der Waals surface area contributed by atoms with Gasteiger partial charge in [0.05, 0.1) is 21.3 Å². The first-order chi connectivity index (χ1) is 9.31.